The van der Waals surface area contributed by atoms with Gasteiger partial charge in [0.1, 0.15) is 24.8 Å². The molecule has 0 unspecified atom stereocenters. The van der Waals surface area contributed by atoms with Gasteiger partial charge in [0, 0.05) is 5.41 Å². The maximum atomic E-state index is 12.9. The second-order valence-corrected chi connectivity index (χ2v) is 9.85. The van der Waals surface area contributed by atoms with Crippen molar-refractivity contribution in [1.29, 1.82) is 5.41 Å². The Morgan fingerprint density at radius 3 is 2.49 bits per heavy atom. The minimum absolute atomic E-state index is 0.0897. The predicted molar refractivity (Wildman–Crippen MR) is 157 cm³/mol. The number of rotatable bonds is 9. The Morgan fingerprint density at radius 2 is 1.72 bits per heavy atom. The van der Waals surface area contributed by atoms with E-state index in [1.807, 2.05) is 73.0 Å². The van der Waals surface area contributed by atoms with Crippen molar-refractivity contribution >= 4 is 40.4 Å². The number of nitrogens with zero attached hydrogens (tertiary/aromatic N) is 2. The Kier molecular flexibility index (Phi) is 7.84. The molecule has 2 aliphatic heterocycles. The number of amides is 1. The van der Waals surface area contributed by atoms with Crippen molar-refractivity contribution in [2.45, 2.75) is 20.8 Å². The molecule has 0 atom stereocenters. The topological polar surface area (TPSA) is 84.2 Å². The third-order valence-electron chi connectivity index (χ3n) is 6.35. The molecule has 2 heterocycles. The molecule has 1 amide bonds. The SMILES string of the molecule is CCOc1cc(/C=C2\C(=N)N3C(c4ccccc4)=CSC3=NC2=O)ccc1OCCOc1ccc(C)c(C)c1. The van der Waals surface area contributed by atoms with E-state index in [1.165, 1.54) is 22.9 Å². The number of hydrogen-bond donors (Lipinski definition) is 1. The lowest BCUT2D eigenvalue weighted by molar-refractivity contribution is -0.114. The van der Waals surface area contributed by atoms with E-state index in [2.05, 4.69) is 18.8 Å². The van der Waals surface area contributed by atoms with Gasteiger partial charge in [0.05, 0.1) is 17.9 Å². The summed E-state index contributed by atoms with van der Waals surface area (Å²) >= 11 is 1.34. The Balaban J connectivity index is 1.31. The summed E-state index contributed by atoms with van der Waals surface area (Å²) in [6.45, 7) is 7.21. The highest BCUT2D eigenvalue weighted by atomic mass is 32.2. The Bertz CT molecular complexity index is 1510. The first kappa shape index (κ1) is 26.3. The number of hydrogen-bond acceptors (Lipinski definition) is 6. The van der Waals surface area contributed by atoms with E-state index >= 15 is 0 Å². The van der Waals surface area contributed by atoms with Crippen molar-refractivity contribution in [1.82, 2.24) is 4.90 Å². The number of aliphatic imine (C=N–C) groups is 1. The van der Waals surface area contributed by atoms with Gasteiger partial charge in [-0.15, -0.1) is 0 Å². The van der Waals surface area contributed by atoms with E-state index in [0.717, 1.165) is 17.0 Å². The van der Waals surface area contributed by atoms with Gasteiger partial charge in [0.2, 0.25) is 0 Å². The Morgan fingerprint density at radius 1 is 0.923 bits per heavy atom. The lowest BCUT2D eigenvalue weighted by atomic mass is 10.1. The van der Waals surface area contributed by atoms with E-state index in [1.54, 1.807) is 17.0 Å². The second kappa shape index (κ2) is 11.6. The number of aryl methyl sites for hydroxylation is 2. The summed E-state index contributed by atoms with van der Waals surface area (Å²) in [7, 11) is 0. The fourth-order valence-corrected chi connectivity index (χ4v) is 5.09. The van der Waals surface area contributed by atoms with Crippen LogP contribution in [0.5, 0.6) is 17.2 Å². The van der Waals surface area contributed by atoms with Gasteiger partial charge in [-0.25, -0.2) is 0 Å². The van der Waals surface area contributed by atoms with E-state index in [-0.39, 0.29) is 11.4 Å². The maximum absolute atomic E-state index is 12.9. The summed E-state index contributed by atoms with van der Waals surface area (Å²) in [5.74, 6) is 1.59. The summed E-state index contributed by atoms with van der Waals surface area (Å²) < 4.78 is 17.6. The minimum atomic E-state index is -0.441. The number of ether oxygens (including phenoxy) is 3. The smallest absolute Gasteiger partial charge is 0.283 e. The van der Waals surface area contributed by atoms with Gasteiger partial charge in [-0.2, -0.15) is 4.99 Å². The molecule has 8 heteroatoms. The van der Waals surface area contributed by atoms with E-state index in [9.17, 15) is 4.79 Å². The third kappa shape index (κ3) is 5.76. The number of thioether (sulfide) groups is 1. The number of fused-ring (bicyclic) bond motifs is 1. The van der Waals surface area contributed by atoms with E-state index < -0.39 is 5.91 Å². The molecule has 0 saturated heterocycles. The minimum Gasteiger partial charge on any atom is -0.490 e. The van der Waals surface area contributed by atoms with Crippen LogP contribution in [0.1, 0.15) is 29.2 Å². The van der Waals surface area contributed by atoms with Crippen LogP contribution in [0, 0.1) is 19.3 Å². The van der Waals surface area contributed by atoms with Crippen LogP contribution in [0.3, 0.4) is 0 Å². The molecule has 0 spiro atoms. The summed E-state index contributed by atoms with van der Waals surface area (Å²) in [5, 5.41) is 11.3. The molecule has 0 radical (unpaired) electrons. The standard InChI is InChI=1S/C31H29N3O4S/c1-4-36-28-18-22(11-13-27(28)38-15-14-37-24-12-10-20(2)21(3)16-24)17-25-29(32)34-26(23-8-6-5-7-9-23)19-39-31(34)33-30(25)35/h5-13,16-19,32H,4,14-15H2,1-3H3/b25-17+,32-29?. The van der Waals surface area contributed by atoms with Crippen LogP contribution in [0.25, 0.3) is 11.8 Å². The number of carbonyl (C=O) groups is 1. The molecular weight excluding hydrogens is 510 g/mol. The zero-order chi connectivity index (χ0) is 27.4. The maximum Gasteiger partial charge on any atom is 0.283 e. The molecule has 3 aromatic rings. The normalized spacial score (nSPS) is 15.7. The first-order chi connectivity index (χ1) is 18.9. The lowest BCUT2D eigenvalue weighted by Crippen LogP contribution is -2.38. The number of amidine groups is 2. The number of benzene rings is 3. The molecule has 2 aliphatic rings. The summed E-state index contributed by atoms with van der Waals surface area (Å²) in [6, 6.07) is 21.2. The summed E-state index contributed by atoms with van der Waals surface area (Å²) in [4.78, 5) is 18.8. The van der Waals surface area contributed by atoms with Gasteiger partial charge >= 0.3 is 0 Å². The summed E-state index contributed by atoms with van der Waals surface area (Å²) in [6.07, 6.45) is 1.67. The van der Waals surface area contributed by atoms with Crippen molar-refractivity contribution < 1.29 is 19.0 Å². The first-order valence-electron chi connectivity index (χ1n) is 12.7. The van der Waals surface area contributed by atoms with Crippen LogP contribution in [0.2, 0.25) is 0 Å². The van der Waals surface area contributed by atoms with E-state index in [0.29, 0.717) is 42.1 Å². The molecule has 3 aromatic carbocycles. The molecule has 0 aromatic heterocycles. The molecule has 1 N–H and O–H groups in total. The van der Waals surface area contributed by atoms with Crippen molar-refractivity contribution in [3.8, 4) is 17.2 Å². The monoisotopic (exact) mass is 539 g/mol. The quantitative estimate of drug-likeness (QED) is 0.248. The highest BCUT2D eigenvalue weighted by Gasteiger charge is 2.36. The van der Waals surface area contributed by atoms with Gasteiger partial charge < -0.3 is 14.2 Å². The van der Waals surface area contributed by atoms with Gasteiger partial charge in [-0.1, -0.05) is 54.2 Å². The zero-order valence-corrected chi connectivity index (χ0v) is 22.9. The molecule has 7 nitrogen and oxygen atoms in total. The average molecular weight is 540 g/mol. The van der Waals surface area contributed by atoms with Gasteiger partial charge in [-0.3, -0.25) is 15.1 Å². The predicted octanol–water partition coefficient (Wildman–Crippen LogP) is 6.46. The molecule has 39 heavy (non-hydrogen) atoms. The van der Waals surface area contributed by atoms with Crippen molar-refractivity contribution in [3.05, 3.63) is 100.0 Å². The average Bonchev–Trinajstić information content (AvgIpc) is 3.36. The molecule has 198 valence electrons. The van der Waals surface area contributed by atoms with Gasteiger partial charge in [-0.05, 0) is 73.4 Å². The van der Waals surface area contributed by atoms with Crippen LogP contribution < -0.4 is 14.2 Å². The highest BCUT2D eigenvalue weighted by molar-refractivity contribution is 8.17. The molecular formula is C31H29N3O4S. The molecule has 0 fully saturated rings. The molecule has 0 saturated carbocycles. The van der Waals surface area contributed by atoms with Crippen LogP contribution in [0.4, 0.5) is 0 Å². The Hall–Kier alpha value is -4.30. The second-order valence-electron chi connectivity index (χ2n) is 9.01. The van der Waals surface area contributed by atoms with E-state index in [4.69, 9.17) is 19.6 Å². The largest absolute Gasteiger partial charge is 0.490 e. The highest BCUT2D eigenvalue weighted by Crippen LogP contribution is 2.38. The van der Waals surface area contributed by atoms with Crippen LogP contribution in [-0.4, -0.2) is 41.6 Å². The fraction of sp³-hybridized carbons (Fsp3) is 0.194. The van der Waals surface area contributed by atoms with Crippen LogP contribution >= 0.6 is 11.8 Å². The fourth-order valence-electron chi connectivity index (χ4n) is 4.20. The molecule has 5 rings (SSSR count). The Labute approximate surface area is 232 Å². The van der Waals surface area contributed by atoms with Crippen molar-refractivity contribution in [3.63, 3.8) is 0 Å². The van der Waals surface area contributed by atoms with Crippen LogP contribution in [-0.2, 0) is 4.79 Å². The van der Waals surface area contributed by atoms with Crippen molar-refractivity contribution in [2.24, 2.45) is 4.99 Å². The van der Waals surface area contributed by atoms with Crippen molar-refractivity contribution in [2.75, 3.05) is 19.8 Å². The van der Waals surface area contributed by atoms with Crippen LogP contribution in [0.15, 0.2) is 82.7 Å². The summed E-state index contributed by atoms with van der Waals surface area (Å²) in [5.41, 5.74) is 5.10. The molecule has 0 aliphatic carbocycles. The molecule has 0 bridgehead atoms. The number of carbonyl (C=O) groups excluding carboxylic acids is 1. The lowest BCUT2D eigenvalue weighted by Gasteiger charge is -2.27. The first-order valence-corrected chi connectivity index (χ1v) is 13.6. The van der Waals surface area contributed by atoms with Gasteiger partial charge in [0.25, 0.3) is 5.91 Å². The zero-order valence-electron chi connectivity index (χ0n) is 22.1. The number of nitrogens with one attached hydrogen (secondary N) is 1. The van der Waals surface area contributed by atoms with Gasteiger partial charge in [0.15, 0.2) is 16.7 Å². The third-order valence-corrected chi connectivity index (χ3v) is 7.18.